The number of hydrogen-bond acceptors (Lipinski definition) is 4. The molecule has 0 radical (unpaired) electrons. The quantitative estimate of drug-likeness (QED) is 0.789. The molecule has 1 atom stereocenters. The maximum absolute atomic E-state index is 12.7. The Hall–Kier alpha value is -0.950. The van der Waals surface area contributed by atoms with Gasteiger partial charge in [-0.15, -0.1) is 0 Å². The molecule has 5 nitrogen and oxygen atoms in total. The summed E-state index contributed by atoms with van der Waals surface area (Å²) in [6.45, 7) is 4.79. The van der Waals surface area contributed by atoms with Crippen LogP contribution in [-0.4, -0.2) is 45.3 Å². The molecule has 2 aliphatic rings. The van der Waals surface area contributed by atoms with Crippen molar-refractivity contribution in [1.29, 1.82) is 0 Å². The average molecular weight is 353 g/mol. The Morgan fingerprint density at radius 3 is 2.54 bits per heavy atom. The fraction of sp³-hybridized carbons (Fsp3) is 0.667. The first-order chi connectivity index (χ1) is 11.6. The van der Waals surface area contributed by atoms with Gasteiger partial charge in [0.1, 0.15) is 0 Å². The Kier molecular flexibility index (Phi) is 5.92. The van der Waals surface area contributed by atoms with E-state index in [-0.39, 0.29) is 6.29 Å². The van der Waals surface area contributed by atoms with Crippen LogP contribution in [-0.2, 0) is 19.5 Å². The van der Waals surface area contributed by atoms with Gasteiger partial charge in [0.05, 0.1) is 18.1 Å². The lowest BCUT2D eigenvalue weighted by atomic mass is 10.0. The molecule has 0 amide bonds. The van der Waals surface area contributed by atoms with Crippen molar-refractivity contribution in [3.63, 3.8) is 0 Å². The van der Waals surface area contributed by atoms with E-state index in [9.17, 15) is 8.42 Å². The lowest BCUT2D eigenvalue weighted by Crippen LogP contribution is -2.29. The van der Waals surface area contributed by atoms with Crippen molar-refractivity contribution in [2.24, 2.45) is 5.92 Å². The fourth-order valence-electron chi connectivity index (χ4n) is 3.39. The third-order valence-electron chi connectivity index (χ3n) is 4.86. The number of nitrogens with zero attached hydrogens (tertiary/aromatic N) is 1. The molecule has 0 aromatic heterocycles. The molecular formula is C18H27NO4S. The van der Waals surface area contributed by atoms with Crippen LogP contribution in [0.5, 0.6) is 0 Å². The summed E-state index contributed by atoms with van der Waals surface area (Å²) in [5.74, 6) is 0.439. The molecule has 6 heteroatoms. The number of aryl methyl sites for hydroxylation is 1. The number of benzene rings is 1. The van der Waals surface area contributed by atoms with Crippen LogP contribution in [0.1, 0.15) is 37.7 Å². The summed E-state index contributed by atoms with van der Waals surface area (Å²) in [7, 11) is -3.35. The van der Waals surface area contributed by atoms with Gasteiger partial charge >= 0.3 is 0 Å². The summed E-state index contributed by atoms with van der Waals surface area (Å²) in [6, 6.07) is 7.11. The van der Waals surface area contributed by atoms with Crippen LogP contribution in [0.15, 0.2) is 29.2 Å². The molecule has 1 unspecified atom stereocenters. The van der Waals surface area contributed by atoms with Crippen molar-refractivity contribution in [2.75, 3.05) is 26.3 Å². The van der Waals surface area contributed by atoms with Crippen LogP contribution < -0.4 is 0 Å². The van der Waals surface area contributed by atoms with E-state index in [1.165, 1.54) is 0 Å². The predicted octanol–water partition coefficient (Wildman–Crippen LogP) is 2.94. The molecule has 2 aliphatic heterocycles. The van der Waals surface area contributed by atoms with E-state index >= 15 is 0 Å². The number of ether oxygens (including phenoxy) is 2. The molecule has 0 spiro atoms. The third kappa shape index (κ3) is 4.36. The highest BCUT2D eigenvalue weighted by Gasteiger charge is 2.32. The Bertz CT molecular complexity index is 623. The minimum atomic E-state index is -3.35. The Labute approximate surface area is 145 Å². The van der Waals surface area contributed by atoms with Crippen LogP contribution in [0.2, 0.25) is 0 Å². The molecule has 0 N–H and O–H groups in total. The van der Waals surface area contributed by atoms with E-state index in [1.54, 1.807) is 16.4 Å². The van der Waals surface area contributed by atoms with Crippen molar-refractivity contribution in [2.45, 2.75) is 50.2 Å². The molecule has 134 valence electrons. The van der Waals surface area contributed by atoms with Crippen LogP contribution in [0.4, 0.5) is 0 Å². The molecular weight excluding hydrogens is 326 g/mol. The summed E-state index contributed by atoms with van der Waals surface area (Å²) in [5, 5.41) is 0. The molecule has 2 heterocycles. The van der Waals surface area contributed by atoms with E-state index in [2.05, 4.69) is 0 Å². The van der Waals surface area contributed by atoms with Gasteiger partial charge in [-0.1, -0.05) is 17.7 Å². The lowest BCUT2D eigenvalue weighted by Gasteiger charge is -2.23. The number of sulfonamides is 1. The highest BCUT2D eigenvalue weighted by atomic mass is 32.2. The summed E-state index contributed by atoms with van der Waals surface area (Å²) < 4.78 is 38.1. The SMILES string of the molecule is Cc1ccc(S(=O)(=O)N2CCC(CCCC3OCCCO3)C2)cc1. The Morgan fingerprint density at radius 2 is 1.83 bits per heavy atom. The van der Waals surface area contributed by atoms with E-state index in [0.29, 0.717) is 23.9 Å². The number of rotatable bonds is 6. The van der Waals surface area contributed by atoms with E-state index in [4.69, 9.17) is 9.47 Å². The molecule has 1 aromatic rings. The molecule has 1 aromatic carbocycles. The first kappa shape index (κ1) is 17.9. The molecule has 2 fully saturated rings. The standard InChI is InChI=1S/C18H27NO4S/c1-15-6-8-17(9-7-15)24(20,21)19-11-10-16(14-19)4-2-5-18-22-12-3-13-23-18/h6-9,16,18H,2-5,10-14H2,1H3. The second kappa shape index (κ2) is 7.95. The van der Waals surface area contributed by atoms with Crippen molar-refractivity contribution in [3.05, 3.63) is 29.8 Å². The largest absolute Gasteiger partial charge is 0.353 e. The molecule has 0 aliphatic carbocycles. The van der Waals surface area contributed by atoms with Gasteiger partial charge in [-0.2, -0.15) is 4.31 Å². The zero-order chi connectivity index (χ0) is 17.0. The summed E-state index contributed by atoms with van der Waals surface area (Å²) in [5.41, 5.74) is 1.07. The first-order valence-corrected chi connectivity index (χ1v) is 10.3. The fourth-order valence-corrected chi connectivity index (χ4v) is 4.92. The predicted molar refractivity (Wildman–Crippen MR) is 92.2 cm³/mol. The molecule has 0 saturated carbocycles. The summed E-state index contributed by atoms with van der Waals surface area (Å²) >= 11 is 0. The molecule has 0 bridgehead atoms. The van der Waals surface area contributed by atoms with Crippen molar-refractivity contribution in [1.82, 2.24) is 4.31 Å². The normalized spacial score (nSPS) is 23.6. The van der Waals surface area contributed by atoms with Gasteiger partial charge in [0.25, 0.3) is 0 Å². The summed E-state index contributed by atoms with van der Waals surface area (Å²) in [4.78, 5) is 0.401. The maximum Gasteiger partial charge on any atom is 0.243 e. The van der Waals surface area contributed by atoms with Crippen LogP contribution in [0.3, 0.4) is 0 Å². The zero-order valence-corrected chi connectivity index (χ0v) is 15.1. The molecule has 24 heavy (non-hydrogen) atoms. The Balaban J connectivity index is 1.48. The van der Waals surface area contributed by atoms with E-state index in [1.807, 2.05) is 19.1 Å². The molecule has 3 rings (SSSR count). The van der Waals surface area contributed by atoms with Gasteiger partial charge in [0, 0.05) is 13.1 Å². The van der Waals surface area contributed by atoms with Gasteiger partial charge < -0.3 is 9.47 Å². The van der Waals surface area contributed by atoms with Gasteiger partial charge in [-0.25, -0.2) is 8.42 Å². The first-order valence-electron chi connectivity index (χ1n) is 8.86. The smallest absolute Gasteiger partial charge is 0.243 e. The van der Waals surface area contributed by atoms with E-state index < -0.39 is 10.0 Å². The number of hydrogen-bond donors (Lipinski definition) is 0. The van der Waals surface area contributed by atoms with Crippen LogP contribution in [0.25, 0.3) is 0 Å². The lowest BCUT2D eigenvalue weighted by molar-refractivity contribution is -0.181. The molecule has 2 saturated heterocycles. The van der Waals surface area contributed by atoms with Crippen LogP contribution >= 0.6 is 0 Å². The topological polar surface area (TPSA) is 55.8 Å². The highest BCUT2D eigenvalue weighted by molar-refractivity contribution is 7.89. The third-order valence-corrected chi connectivity index (χ3v) is 6.74. The van der Waals surface area contributed by atoms with Gasteiger partial charge in [0.15, 0.2) is 6.29 Å². The van der Waals surface area contributed by atoms with Crippen molar-refractivity contribution < 1.29 is 17.9 Å². The minimum absolute atomic E-state index is 0.0625. The van der Waals surface area contributed by atoms with Crippen molar-refractivity contribution in [3.8, 4) is 0 Å². The van der Waals surface area contributed by atoms with E-state index in [0.717, 1.165) is 50.9 Å². The second-order valence-electron chi connectivity index (χ2n) is 6.79. The van der Waals surface area contributed by atoms with Gasteiger partial charge in [0.2, 0.25) is 10.0 Å². The van der Waals surface area contributed by atoms with Crippen molar-refractivity contribution >= 4 is 10.0 Å². The Morgan fingerprint density at radius 1 is 1.12 bits per heavy atom. The maximum atomic E-state index is 12.7. The average Bonchev–Trinajstić information content (AvgIpc) is 3.06. The highest BCUT2D eigenvalue weighted by Crippen LogP contribution is 2.28. The minimum Gasteiger partial charge on any atom is -0.353 e. The van der Waals surface area contributed by atoms with Gasteiger partial charge in [-0.05, 0) is 57.1 Å². The van der Waals surface area contributed by atoms with Gasteiger partial charge in [-0.3, -0.25) is 0 Å². The summed E-state index contributed by atoms with van der Waals surface area (Å²) in [6.07, 6.45) is 4.81. The monoisotopic (exact) mass is 353 g/mol. The second-order valence-corrected chi connectivity index (χ2v) is 8.72. The van der Waals surface area contributed by atoms with Crippen LogP contribution in [0, 0.1) is 12.8 Å². The zero-order valence-electron chi connectivity index (χ0n) is 14.3.